The first kappa shape index (κ1) is 14.4. The van der Waals surface area contributed by atoms with Crippen molar-refractivity contribution in [2.45, 2.75) is 59.1 Å². The van der Waals surface area contributed by atoms with Crippen LogP contribution in [0.1, 0.15) is 59.1 Å². The van der Waals surface area contributed by atoms with E-state index in [9.17, 15) is 0 Å². The summed E-state index contributed by atoms with van der Waals surface area (Å²) in [6, 6.07) is 8.80. The molecule has 0 saturated heterocycles. The summed E-state index contributed by atoms with van der Waals surface area (Å²) >= 11 is 0. The Hall–Kier alpha value is -1.02. The van der Waals surface area contributed by atoms with Crippen LogP contribution in [0.25, 0.3) is 0 Å². The molecule has 0 radical (unpaired) electrons. The zero-order valence-corrected chi connectivity index (χ0v) is 12.9. The second-order valence-electron chi connectivity index (χ2n) is 7.05. The van der Waals surface area contributed by atoms with Crippen molar-refractivity contribution in [1.29, 1.82) is 0 Å². The van der Waals surface area contributed by atoms with Crippen molar-refractivity contribution in [3.63, 3.8) is 0 Å². The molecule has 19 heavy (non-hydrogen) atoms. The Bertz CT molecular complexity index is 437. The van der Waals surface area contributed by atoms with E-state index in [1.165, 1.54) is 12.0 Å². The molecule has 1 aliphatic heterocycles. The minimum atomic E-state index is -0.0949. The van der Waals surface area contributed by atoms with Crippen LogP contribution >= 0.6 is 0 Å². The van der Waals surface area contributed by atoms with Crippen molar-refractivity contribution in [3.05, 3.63) is 29.8 Å². The van der Waals surface area contributed by atoms with Crippen molar-refractivity contribution in [1.82, 2.24) is 5.32 Å². The third-order valence-corrected chi connectivity index (χ3v) is 4.16. The Morgan fingerprint density at radius 1 is 1.32 bits per heavy atom. The van der Waals surface area contributed by atoms with Crippen LogP contribution in [0, 0.1) is 5.41 Å². The number of ether oxygens (including phenoxy) is 1. The maximum Gasteiger partial charge on any atom is 0.124 e. The van der Waals surface area contributed by atoms with E-state index in [0.717, 1.165) is 18.7 Å². The van der Waals surface area contributed by atoms with E-state index < -0.39 is 0 Å². The van der Waals surface area contributed by atoms with Crippen LogP contribution in [0.4, 0.5) is 0 Å². The molecule has 1 N–H and O–H groups in total. The molecule has 1 aromatic carbocycles. The van der Waals surface area contributed by atoms with Gasteiger partial charge in [-0.3, -0.25) is 0 Å². The van der Waals surface area contributed by atoms with Gasteiger partial charge in [-0.15, -0.1) is 0 Å². The molecule has 0 aliphatic carbocycles. The summed E-state index contributed by atoms with van der Waals surface area (Å²) in [5, 5.41) is 3.74. The number of hydrogen-bond donors (Lipinski definition) is 1. The minimum absolute atomic E-state index is 0.0949. The Balaban J connectivity index is 2.16. The van der Waals surface area contributed by atoms with Crippen molar-refractivity contribution < 1.29 is 4.74 Å². The number of para-hydroxylation sites is 1. The van der Waals surface area contributed by atoms with E-state index in [-0.39, 0.29) is 5.60 Å². The van der Waals surface area contributed by atoms with Gasteiger partial charge in [0.2, 0.25) is 0 Å². The lowest BCUT2D eigenvalue weighted by atomic mass is 9.86. The highest BCUT2D eigenvalue weighted by atomic mass is 16.5. The van der Waals surface area contributed by atoms with Gasteiger partial charge in [-0.25, -0.2) is 0 Å². The predicted molar refractivity (Wildman–Crippen MR) is 80.6 cm³/mol. The van der Waals surface area contributed by atoms with Gasteiger partial charge in [-0.2, -0.15) is 0 Å². The number of benzene rings is 1. The SMILES string of the molecule is CCC(C)(C)CNC1CC(C)(C)Oc2ccccc21. The van der Waals surface area contributed by atoms with Crippen LogP contribution in [0.5, 0.6) is 5.75 Å². The monoisotopic (exact) mass is 261 g/mol. The fourth-order valence-electron chi connectivity index (χ4n) is 2.51. The number of nitrogens with one attached hydrogen (secondary N) is 1. The lowest BCUT2D eigenvalue weighted by Crippen LogP contribution is -2.41. The number of rotatable bonds is 4. The molecule has 1 aromatic rings. The molecule has 0 amide bonds. The summed E-state index contributed by atoms with van der Waals surface area (Å²) in [5.74, 6) is 1.03. The first-order chi connectivity index (χ1) is 8.83. The highest BCUT2D eigenvalue weighted by molar-refractivity contribution is 5.38. The maximum absolute atomic E-state index is 6.07. The normalized spacial score (nSPS) is 21.6. The van der Waals surface area contributed by atoms with Crippen LogP contribution in [0.15, 0.2) is 24.3 Å². The smallest absolute Gasteiger partial charge is 0.124 e. The van der Waals surface area contributed by atoms with Crippen LogP contribution in [-0.4, -0.2) is 12.1 Å². The minimum Gasteiger partial charge on any atom is -0.487 e. The molecule has 2 heteroatoms. The predicted octanol–water partition coefficient (Wildman–Crippen LogP) is 4.31. The van der Waals surface area contributed by atoms with Crippen LogP contribution in [-0.2, 0) is 0 Å². The summed E-state index contributed by atoms with van der Waals surface area (Å²) < 4.78 is 6.07. The molecule has 1 heterocycles. The molecule has 1 atom stereocenters. The van der Waals surface area contributed by atoms with Crippen LogP contribution < -0.4 is 10.1 Å². The molecular weight excluding hydrogens is 234 g/mol. The Morgan fingerprint density at radius 2 is 2.00 bits per heavy atom. The Labute approximate surface area is 117 Å². The molecule has 0 bridgehead atoms. The highest BCUT2D eigenvalue weighted by Crippen LogP contribution is 2.39. The average Bonchev–Trinajstić information content (AvgIpc) is 2.35. The summed E-state index contributed by atoms with van der Waals surface area (Å²) in [5.41, 5.74) is 1.55. The fourth-order valence-corrected chi connectivity index (χ4v) is 2.51. The lowest BCUT2D eigenvalue weighted by molar-refractivity contribution is 0.0637. The van der Waals surface area contributed by atoms with Crippen LogP contribution in [0.2, 0.25) is 0 Å². The molecule has 0 aromatic heterocycles. The molecule has 1 aliphatic rings. The molecule has 0 fully saturated rings. The van der Waals surface area contributed by atoms with E-state index in [2.05, 4.69) is 58.1 Å². The second-order valence-corrected chi connectivity index (χ2v) is 7.05. The van der Waals surface area contributed by atoms with Gasteiger partial charge in [0.1, 0.15) is 11.4 Å². The van der Waals surface area contributed by atoms with E-state index in [1.807, 2.05) is 6.07 Å². The molecule has 1 unspecified atom stereocenters. The number of hydrogen-bond acceptors (Lipinski definition) is 2. The summed E-state index contributed by atoms with van der Waals surface area (Å²) in [6.45, 7) is 12.3. The summed E-state index contributed by atoms with van der Waals surface area (Å²) in [4.78, 5) is 0. The number of fused-ring (bicyclic) bond motifs is 1. The highest BCUT2D eigenvalue weighted by Gasteiger charge is 2.33. The zero-order chi connectivity index (χ0) is 14.1. The van der Waals surface area contributed by atoms with E-state index in [1.54, 1.807) is 0 Å². The first-order valence-electron chi connectivity index (χ1n) is 7.34. The van der Waals surface area contributed by atoms with Crippen molar-refractivity contribution in [3.8, 4) is 5.75 Å². The van der Waals surface area contributed by atoms with Crippen molar-refractivity contribution in [2.75, 3.05) is 6.54 Å². The largest absolute Gasteiger partial charge is 0.487 e. The van der Waals surface area contributed by atoms with Gasteiger partial charge in [0.25, 0.3) is 0 Å². The van der Waals surface area contributed by atoms with E-state index in [4.69, 9.17) is 4.74 Å². The fraction of sp³-hybridized carbons (Fsp3) is 0.647. The quantitative estimate of drug-likeness (QED) is 0.871. The van der Waals surface area contributed by atoms with Gasteiger partial charge in [0.05, 0.1) is 0 Å². The van der Waals surface area contributed by atoms with E-state index in [0.29, 0.717) is 11.5 Å². The van der Waals surface area contributed by atoms with Gasteiger partial charge < -0.3 is 10.1 Å². The van der Waals surface area contributed by atoms with Gasteiger partial charge in [0, 0.05) is 24.6 Å². The topological polar surface area (TPSA) is 21.3 Å². The third-order valence-electron chi connectivity index (χ3n) is 4.16. The first-order valence-corrected chi connectivity index (χ1v) is 7.34. The van der Waals surface area contributed by atoms with Crippen molar-refractivity contribution in [2.24, 2.45) is 5.41 Å². The molecule has 0 spiro atoms. The lowest BCUT2D eigenvalue weighted by Gasteiger charge is -2.39. The standard InChI is InChI=1S/C17H27NO/c1-6-16(2,3)12-18-14-11-17(4,5)19-15-10-8-7-9-13(14)15/h7-10,14,18H,6,11-12H2,1-5H3. The molecule has 2 nitrogen and oxygen atoms in total. The Morgan fingerprint density at radius 3 is 2.68 bits per heavy atom. The maximum atomic E-state index is 6.07. The molecule has 106 valence electrons. The zero-order valence-electron chi connectivity index (χ0n) is 12.9. The van der Waals surface area contributed by atoms with Gasteiger partial charge in [-0.1, -0.05) is 39.0 Å². The molecular formula is C17H27NO. The second kappa shape index (κ2) is 5.16. The average molecular weight is 261 g/mol. The summed E-state index contributed by atoms with van der Waals surface area (Å²) in [7, 11) is 0. The van der Waals surface area contributed by atoms with Gasteiger partial charge >= 0.3 is 0 Å². The van der Waals surface area contributed by atoms with Crippen LogP contribution in [0.3, 0.4) is 0 Å². The van der Waals surface area contributed by atoms with Crippen molar-refractivity contribution >= 4 is 0 Å². The van der Waals surface area contributed by atoms with Gasteiger partial charge in [0.15, 0.2) is 0 Å². The Kier molecular flexibility index (Phi) is 3.91. The third kappa shape index (κ3) is 3.50. The summed E-state index contributed by atoms with van der Waals surface area (Å²) in [6.07, 6.45) is 2.21. The van der Waals surface area contributed by atoms with Gasteiger partial charge in [-0.05, 0) is 31.7 Å². The molecule has 0 saturated carbocycles. The molecule has 2 rings (SSSR count). The van der Waals surface area contributed by atoms with E-state index >= 15 is 0 Å².